The number of ether oxygens (including phenoxy) is 2. The number of rotatable bonds is 6. The van der Waals surface area contributed by atoms with Gasteiger partial charge < -0.3 is 14.8 Å². The normalized spacial score (nSPS) is 11.8. The molecule has 0 aliphatic rings. The number of aromatic nitrogens is 2. The predicted molar refractivity (Wildman–Crippen MR) is 101 cm³/mol. The van der Waals surface area contributed by atoms with Crippen LogP contribution in [-0.2, 0) is 11.0 Å². The van der Waals surface area contributed by atoms with Gasteiger partial charge in [0.15, 0.2) is 12.3 Å². The van der Waals surface area contributed by atoms with Crippen LogP contribution >= 0.6 is 11.6 Å². The minimum Gasteiger partial charge on any atom is -0.467 e. The number of carbonyl (C=O) groups excluding carboxylic acids is 1. The number of amides is 1. The summed E-state index contributed by atoms with van der Waals surface area (Å²) in [5.74, 6) is -1.67. The van der Waals surface area contributed by atoms with Gasteiger partial charge in [0.2, 0.25) is 5.88 Å². The number of hydrogen-bond donors (Lipinski definition) is 1. The van der Waals surface area contributed by atoms with Crippen LogP contribution in [0.15, 0.2) is 54.6 Å². The van der Waals surface area contributed by atoms with Crippen LogP contribution in [0.3, 0.4) is 0 Å². The molecule has 0 saturated heterocycles. The lowest BCUT2D eigenvalue weighted by atomic mass is 10.3. The Labute approximate surface area is 181 Å². The van der Waals surface area contributed by atoms with Crippen molar-refractivity contribution in [3.8, 4) is 17.3 Å². The lowest BCUT2D eigenvalue weighted by Crippen LogP contribution is -2.21. The second-order valence-corrected chi connectivity index (χ2v) is 6.55. The van der Waals surface area contributed by atoms with Crippen LogP contribution in [0.2, 0.25) is 5.02 Å². The molecule has 0 atom stereocenters. The molecule has 0 spiro atoms. The van der Waals surface area contributed by atoms with E-state index in [9.17, 15) is 31.1 Å². The fourth-order valence-corrected chi connectivity index (χ4v) is 2.69. The first-order chi connectivity index (χ1) is 14.9. The molecule has 0 saturated carbocycles. The monoisotopic (exact) mass is 479 g/mol. The van der Waals surface area contributed by atoms with Crippen LogP contribution in [0.1, 0.15) is 5.69 Å². The second-order valence-electron chi connectivity index (χ2n) is 6.14. The van der Waals surface area contributed by atoms with Gasteiger partial charge in [-0.25, -0.2) is 0 Å². The number of nitrogens with one attached hydrogen (secondary N) is 1. The molecule has 1 aromatic heterocycles. The summed E-state index contributed by atoms with van der Waals surface area (Å²) in [5, 5.41) is 5.89. The Bertz CT molecular complexity index is 1100. The Morgan fingerprint density at radius 3 is 2.28 bits per heavy atom. The average molecular weight is 480 g/mol. The Hall–Kier alpha value is -3.41. The Kier molecular flexibility index (Phi) is 6.53. The van der Waals surface area contributed by atoms with Crippen molar-refractivity contribution in [2.75, 3.05) is 11.9 Å². The van der Waals surface area contributed by atoms with Gasteiger partial charge in [0.1, 0.15) is 5.75 Å². The van der Waals surface area contributed by atoms with Crippen molar-refractivity contribution in [3.63, 3.8) is 0 Å². The van der Waals surface area contributed by atoms with Gasteiger partial charge >= 0.3 is 12.5 Å². The maximum absolute atomic E-state index is 13.1. The Morgan fingerprint density at radius 2 is 1.69 bits per heavy atom. The molecule has 0 aliphatic carbocycles. The summed E-state index contributed by atoms with van der Waals surface area (Å²) in [6.07, 6.45) is -9.63. The van der Waals surface area contributed by atoms with Gasteiger partial charge in [-0.2, -0.15) is 23.0 Å². The summed E-state index contributed by atoms with van der Waals surface area (Å²) < 4.78 is 85.5. The summed E-state index contributed by atoms with van der Waals surface area (Å²) in [6, 6.07) is 10.8. The first-order valence-corrected chi connectivity index (χ1v) is 9.01. The summed E-state index contributed by atoms with van der Waals surface area (Å²) in [5.41, 5.74) is -1.04. The highest BCUT2D eigenvalue weighted by molar-refractivity contribution is 6.32. The molecule has 0 unspecified atom stereocenters. The zero-order chi connectivity index (χ0) is 23.5. The Balaban J connectivity index is 1.71. The van der Waals surface area contributed by atoms with Crippen LogP contribution in [0.25, 0.3) is 5.69 Å². The minimum absolute atomic E-state index is 0.0970. The summed E-state index contributed by atoms with van der Waals surface area (Å²) in [4.78, 5) is 12.1. The van der Waals surface area contributed by atoms with Crippen molar-refractivity contribution >= 4 is 23.2 Å². The maximum Gasteiger partial charge on any atom is 0.573 e. The first kappa shape index (κ1) is 23.3. The fraction of sp³-hybridized carbons (Fsp3) is 0.158. The molecule has 0 bridgehead atoms. The molecule has 1 N–H and O–H groups in total. The smallest absolute Gasteiger partial charge is 0.467 e. The van der Waals surface area contributed by atoms with Gasteiger partial charge in [-0.1, -0.05) is 23.7 Å². The molecule has 3 rings (SSSR count). The van der Waals surface area contributed by atoms with Gasteiger partial charge in [-0.05, 0) is 36.4 Å². The Morgan fingerprint density at radius 1 is 1.03 bits per heavy atom. The van der Waals surface area contributed by atoms with Crippen molar-refractivity contribution < 1.29 is 40.6 Å². The zero-order valence-corrected chi connectivity index (χ0v) is 16.4. The number of benzene rings is 2. The molecule has 2 aromatic carbocycles. The molecular weight excluding hydrogens is 468 g/mol. The lowest BCUT2D eigenvalue weighted by Gasteiger charge is -2.11. The SMILES string of the molecule is O=C(COc1cc(C(F)(F)F)nn1-c1ccccc1Cl)Nc1ccc(OC(F)(F)F)cc1. The molecular formula is C19H12ClF6N3O3. The lowest BCUT2D eigenvalue weighted by molar-refractivity contribution is -0.274. The molecule has 6 nitrogen and oxygen atoms in total. The van der Waals surface area contributed by atoms with E-state index in [4.69, 9.17) is 16.3 Å². The predicted octanol–water partition coefficient (Wildman–Crippen LogP) is 5.46. The van der Waals surface area contributed by atoms with E-state index < -0.39 is 42.4 Å². The largest absolute Gasteiger partial charge is 0.573 e. The van der Waals surface area contributed by atoms with Crippen LogP contribution in [0.4, 0.5) is 32.0 Å². The topological polar surface area (TPSA) is 65.4 Å². The van der Waals surface area contributed by atoms with Crippen molar-refractivity contribution in [2.45, 2.75) is 12.5 Å². The van der Waals surface area contributed by atoms with Gasteiger partial charge in [0, 0.05) is 11.8 Å². The maximum atomic E-state index is 13.1. The highest BCUT2D eigenvalue weighted by atomic mass is 35.5. The van der Waals surface area contributed by atoms with E-state index in [2.05, 4.69) is 15.2 Å². The van der Waals surface area contributed by atoms with Crippen LogP contribution in [-0.4, -0.2) is 28.7 Å². The molecule has 13 heteroatoms. The highest BCUT2D eigenvalue weighted by Crippen LogP contribution is 2.33. The van der Waals surface area contributed by atoms with E-state index in [0.717, 1.165) is 28.9 Å². The van der Waals surface area contributed by atoms with Crippen molar-refractivity contribution in [3.05, 3.63) is 65.3 Å². The molecule has 0 aliphatic heterocycles. The van der Waals surface area contributed by atoms with E-state index in [1.54, 1.807) is 6.07 Å². The van der Waals surface area contributed by atoms with Gasteiger partial charge in [0.25, 0.3) is 5.91 Å². The summed E-state index contributed by atoms with van der Waals surface area (Å²) in [7, 11) is 0. The number of anilines is 1. The van der Waals surface area contributed by atoms with E-state index in [1.165, 1.54) is 18.2 Å². The number of para-hydroxylation sites is 1. The molecule has 3 aromatic rings. The van der Waals surface area contributed by atoms with E-state index in [0.29, 0.717) is 6.07 Å². The van der Waals surface area contributed by atoms with E-state index in [1.807, 2.05) is 0 Å². The van der Waals surface area contributed by atoms with Gasteiger partial charge in [0.05, 0.1) is 10.7 Å². The van der Waals surface area contributed by atoms with E-state index >= 15 is 0 Å². The number of alkyl halides is 6. The number of carbonyl (C=O) groups is 1. The minimum atomic E-state index is -4.86. The van der Waals surface area contributed by atoms with Crippen LogP contribution in [0, 0.1) is 0 Å². The van der Waals surface area contributed by atoms with Crippen molar-refractivity contribution in [1.29, 1.82) is 0 Å². The molecule has 170 valence electrons. The number of hydrogen-bond acceptors (Lipinski definition) is 4. The quantitative estimate of drug-likeness (QED) is 0.477. The summed E-state index contributed by atoms with van der Waals surface area (Å²) >= 11 is 6.02. The summed E-state index contributed by atoms with van der Waals surface area (Å²) in [6.45, 7) is -0.714. The molecule has 0 fully saturated rings. The van der Waals surface area contributed by atoms with E-state index in [-0.39, 0.29) is 16.4 Å². The third-order valence-electron chi connectivity index (χ3n) is 3.77. The highest BCUT2D eigenvalue weighted by Gasteiger charge is 2.36. The number of nitrogens with zero attached hydrogens (tertiary/aromatic N) is 2. The molecule has 1 amide bonds. The standard InChI is InChI=1S/C19H12ClF6N3O3/c20-13-3-1-2-4-14(13)29-17(9-15(28-29)18(21,22)23)31-10-16(30)27-11-5-7-12(8-6-11)32-19(24,25)26/h1-9H,10H2,(H,27,30). The van der Waals surface area contributed by atoms with Crippen LogP contribution in [0.5, 0.6) is 11.6 Å². The van der Waals surface area contributed by atoms with Gasteiger partial charge in [-0.15, -0.1) is 13.2 Å². The van der Waals surface area contributed by atoms with Crippen molar-refractivity contribution in [2.24, 2.45) is 0 Å². The van der Waals surface area contributed by atoms with Gasteiger partial charge in [-0.3, -0.25) is 4.79 Å². The molecule has 32 heavy (non-hydrogen) atoms. The third-order valence-corrected chi connectivity index (χ3v) is 4.09. The molecule has 1 heterocycles. The zero-order valence-electron chi connectivity index (χ0n) is 15.7. The van der Waals surface area contributed by atoms with Crippen LogP contribution < -0.4 is 14.8 Å². The third kappa shape index (κ3) is 6.06. The average Bonchev–Trinajstić information content (AvgIpc) is 3.12. The first-order valence-electron chi connectivity index (χ1n) is 8.63. The fourth-order valence-electron chi connectivity index (χ4n) is 2.48. The van der Waals surface area contributed by atoms with Crippen molar-refractivity contribution in [1.82, 2.24) is 9.78 Å². The molecule has 0 radical (unpaired) electrons. The number of halogens is 7. The second kappa shape index (κ2) is 8.99.